The number of rotatable bonds is 5. The lowest BCUT2D eigenvalue weighted by atomic mass is 10.1. The van der Waals surface area contributed by atoms with Crippen molar-refractivity contribution >= 4 is 29.2 Å². The van der Waals surface area contributed by atoms with Gasteiger partial charge in [-0.25, -0.2) is 4.79 Å². The van der Waals surface area contributed by atoms with Crippen LogP contribution in [0.25, 0.3) is 0 Å². The number of carboxylic acid groups (broad SMARTS) is 1. The van der Waals surface area contributed by atoms with E-state index in [1.54, 1.807) is 12.1 Å². The number of amides is 2. The number of hydrogen-bond donors (Lipinski definition) is 2. The molecular formula is C19H17N3O6. The zero-order valence-electron chi connectivity index (χ0n) is 14.7. The van der Waals surface area contributed by atoms with Crippen LogP contribution in [0.1, 0.15) is 33.6 Å². The molecule has 1 saturated heterocycles. The first-order valence-corrected chi connectivity index (χ1v) is 8.57. The third-order valence-electron chi connectivity index (χ3n) is 4.56. The van der Waals surface area contributed by atoms with E-state index in [0.717, 1.165) is 0 Å². The molecule has 3 rings (SSSR count). The molecule has 1 aliphatic heterocycles. The number of benzene rings is 2. The summed E-state index contributed by atoms with van der Waals surface area (Å²) >= 11 is 0. The van der Waals surface area contributed by atoms with Crippen molar-refractivity contribution in [2.75, 3.05) is 11.9 Å². The topological polar surface area (TPSA) is 130 Å². The summed E-state index contributed by atoms with van der Waals surface area (Å²) < 4.78 is 0. The largest absolute Gasteiger partial charge is 0.478 e. The molecule has 0 spiro atoms. The molecule has 2 N–H and O–H groups in total. The molecule has 1 atom stereocenters. The van der Waals surface area contributed by atoms with Crippen molar-refractivity contribution in [1.29, 1.82) is 0 Å². The number of hydrogen-bond acceptors (Lipinski definition) is 5. The van der Waals surface area contributed by atoms with Crippen molar-refractivity contribution in [3.63, 3.8) is 0 Å². The van der Waals surface area contributed by atoms with Gasteiger partial charge in [-0.3, -0.25) is 19.7 Å². The molecule has 2 aromatic carbocycles. The van der Waals surface area contributed by atoms with Crippen LogP contribution in [0, 0.1) is 10.1 Å². The molecule has 0 aromatic heterocycles. The molecule has 9 heteroatoms. The van der Waals surface area contributed by atoms with E-state index in [0.29, 0.717) is 19.4 Å². The van der Waals surface area contributed by atoms with Crippen LogP contribution in [0.4, 0.5) is 11.4 Å². The van der Waals surface area contributed by atoms with Gasteiger partial charge in [0.25, 0.3) is 11.6 Å². The lowest BCUT2D eigenvalue weighted by molar-refractivity contribution is -0.384. The lowest BCUT2D eigenvalue weighted by Gasteiger charge is -2.24. The fraction of sp³-hybridized carbons (Fsp3) is 0.211. The Morgan fingerprint density at radius 3 is 2.43 bits per heavy atom. The monoisotopic (exact) mass is 383 g/mol. The molecule has 144 valence electrons. The van der Waals surface area contributed by atoms with Crippen LogP contribution in [-0.2, 0) is 4.79 Å². The number of carboxylic acids is 1. The van der Waals surface area contributed by atoms with E-state index >= 15 is 0 Å². The Bertz CT molecular complexity index is 941. The van der Waals surface area contributed by atoms with Crippen LogP contribution in [0.5, 0.6) is 0 Å². The van der Waals surface area contributed by atoms with Crippen LogP contribution in [-0.4, -0.2) is 45.3 Å². The van der Waals surface area contributed by atoms with Gasteiger partial charge in [-0.05, 0) is 37.1 Å². The Kier molecular flexibility index (Phi) is 5.35. The zero-order valence-corrected chi connectivity index (χ0v) is 14.7. The van der Waals surface area contributed by atoms with Gasteiger partial charge < -0.3 is 15.3 Å². The number of likely N-dealkylation sites (tertiary alicyclic amines) is 1. The minimum atomic E-state index is -1.17. The van der Waals surface area contributed by atoms with E-state index in [2.05, 4.69) is 5.32 Å². The minimum Gasteiger partial charge on any atom is -0.478 e. The maximum Gasteiger partial charge on any atom is 0.337 e. The van der Waals surface area contributed by atoms with E-state index in [1.165, 1.54) is 41.3 Å². The highest BCUT2D eigenvalue weighted by Gasteiger charge is 2.35. The van der Waals surface area contributed by atoms with Crippen molar-refractivity contribution < 1.29 is 24.4 Å². The molecule has 9 nitrogen and oxygen atoms in total. The molecule has 0 saturated carbocycles. The Hall–Kier alpha value is -3.75. The summed E-state index contributed by atoms with van der Waals surface area (Å²) in [5.74, 6) is -2.04. The maximum absolute atomic E-state index is 12.8. The molecule has 2 aromatic rings. The number of carbonyl (C=O) groups excluding carboxylic acids is 2. The Morgan fingerprint density at radius 1 is 1.11 bits per heavy atom. The molecular weight excluding hydrogens is 366 g/mol. The highest BCUT2D eigenvalue weighted by molar-refractivity contribution is 6.04. The van der Waals surface area contributed by atoms with E-state index < -0.39 is 28.7 Å². The second kappa shape index (κ2) is 7.87. The van der Waals surface area contributed by atoms with Gasteiger partial charge in [0.05, 0.1) is 16.2 Å². The van der Waals surface area contributed by atoms with Crippen LogP contribution < -0.4 is 5.32 Å². The molecule has 0 radical (unpaired) electrons. The fourth-order valence-corrected chi connectivity index (χ4v) is 3.17. The zero-order chi connectivity index (χ0) is 20.3. The molecule has 0 unspecified atom stereocenters. The summed E-state index contributed by atoms with van der Waals surface area (Å²) in [5, 5.41) is 22.6. The average molecular weight is 383 g/mol. The van der Waals surface area contributed by atoms with Crippen LogP contribution >= 0.6 is 0 Å². The summed E-state index contributed by atoms with van der Waals surface area (Å²) in [5.41, 5.74) is 0.241. The molecule has 28 heavy (non-hydrogen) atoms. The summed E-state index contributed by atoms with van der Waals surface area (Å²) in [6, 6.07) is 10.5. The second-order valence-electron chi connectivity index (χ2n) is 6.30. The number of nitro benzene ring substituents is 1. The standard InChI is InChI=1S/C19H17N3O6/c23-17(20-15-5-2-1-4-14(15)19(25)26)16-6-3-11-21(16)18(24)12-7-9-13(10-8-12)22(27)28/h1-2,4-5,7-10,16H,3,6,11H2,(H,20,23)(H,25,26)/t16-/m0/s1. The van der Waals surface area contributed by atoms with Crippen LogP contribution in [0.15, 0.2) is 48.5 Å². The molecule has 1 heterocycles. The van der Waals surface area contributed by atoms with E-state index in [1.807, 2.05) is 0 Å². The summed E-state index contributed by atoms with van der Waals surface area (Å²) in [4.78, 5) is 48.3. The summed E-state index contributed by atoms with van der Waals surface area (Å²) in [7, 11) is 0. The van der Waals surface area contributed by atoms with Gasteiger partial charge in [0.1, 0.15) is 6.04 Å². The predicted octanol–water partition coefficient (Wildman–Crippen LogP) is 2.54. The number of anilines is 1. The highest BCUT2D eigenvalue weighted by atomic mass is 16.6. The minimum absolute atomic E-state index is 0.0397. The van der Waals surface area contributed by atoms with Crippen molar-refractivity contribution in [3.05, 3.63) is 69.8 Å². The number of aromatic carboxylic acids is 1. The molecule has 0 bridgehead atoms. The third kappa shape index (κ3) is 3.83. The van der Waals surface area contributed by atoms with Crippen molar-refractivity contribution in [1.82, 2.24) is 4.90 Å². The number of carbonyl (C=O) groups is 3. The number of para-hydroxylation sites is 1. The van der Waals surface area contributed by atoms with Gasteiger partial charge >= 0.3 is 5.97 Å². The third-order valence-corrected chi connectivity index (χ3v) is 4.56. The predicted molar refractivity (Wildman–Crippen MR) is 99.2 cm³/mol. The van der Waals surface area contributed by atoms with Gasteiger partial charge in [0.15, 0.2) is 0 Å². The maximum atomic E-state index is 12.8. The SMILES string of the molecule is O=C(O)c1ccccc1NC(=O)[C@@H]1CCCN1C(=O)c1ccc([N+](=O)[O-])cc1. The van der Waals surface area contributed by atoms with Crippen molar-refractivity contribution in [2.45, 2.75) is 18.9 Å². The van der Waals surface area contributed by atoms with Crippen LogP contribution in [0.2, 0.25) is 0 Å². The normalized spacial score (nSPS) is 15.9. The fourth-order valence-electron chi connectivity index (χ4n) is 3.17. The van der Waals surface area contributed by atoms with Gasteiger partial charge in [0, 0.05) is 24.2 Å². The second-order valence-corrected chi connectivity index (χ2v) is 6.30. The molecule has 0 aliphatic carbocycles. The smallest absolute Gasteiger partial charge is 0.337 e. The molecule has 1 fully saturated rings. The van der Waals surface area contributed by atoms with Crippen molar-refractivity contribution in [2.24, 2.45) is 0 Å². The van der Waals surface area contributed by atoms with Gasteiger partial charge in [-0.1, -0.05) is 12.1 Å². The van der Waals surface area contributed by atoms with E-state index in [4.69, 9.17) is 0 Å². The van der Waals surface area contributed by atoms with E-state index in [9.17, 15) is 29.6 Å². The quantitative estimate of drug-likeness (QED) is 0.603. The Labute approximate surface area is 159 Å². The number of nitrogens with one attached hydrogen (secondary N) is 1. The average Bonchev–Trinajstić information content (AvgIpc) is 3.17. The van der Waals surface area contributed by atoms with Gasteiger partial charge in [0.2, 0.25) is 5.91 Å². The summed E-state index contributed by atoms with van der Waals surface area (Å²) in [6.07, 6.45) is 1.07. The number of nitrogens with zero attached hydrogens (tertiary/aromatic N) is 2. The van der Waals surface area contributed by atoms with Crippen LogP contribution in [0.3, 0.4) is 0 Å². The lowest BCUT2D eigenvalue weighted by Crippen LogP contribution is -2.43. The van der Waals surface area contributed by atoms with Gasteiger partial charge in [-0.15, -0.1) is 0 Å². The number of nitro groups is 1. The van der Waals surface area contributed by atoms with E-state index in [-0.39, 0.29) is 22.5 Å². The molecule has 1 aliphatic rings. The first-order chi connectivity index (χ1) is 13.4. The molecule has 2 amide bonds. The first kappa shape index (κ1) is 19.0. The van der Waals surface area contributed by atoms with Gasteiger partial charge in [-0.2, -0.15) is 0 Å². The van der Waals surface area contributed by atoms with Crippen molar-refractivity contribution in [3.8, 4) is 0 Å². The Morgan fingerprint density at radius 2 is 1.79 bits per heavy atom. The first-order valence-electron chi connectivity index (χ1n) is 8.57. The Balaban J connectivity index is 1.77. The summed E-state index contributed by atoms with van der Waals surface area (Å²) in [6.45, 7) is 0.370. The number of non-ortho nitro benzene ring substituents is 1. The highest BCUT2D eigenvalue weighted by Crippen LogP contribution is 2.24.